The van der Waals surface area contributed by atoms with Crippen molar-refractivity contribution in [3.8, 4) is 5.75 Å². The minimum absolute atomic E-state index is 0.000874. The van der Waals surface area contributed by atoms with Gasteiger partial charge in [-0.3, -0.25) is 19.3 Å². The Morgan fingerprint density at radius 2 is 1.89 bits per heavy atom. The summed E-state index contributed by atoms with van der Waals surface area (Å²) in [5.74, 6) is 1.65. The quantitative estimate of drug-likeness (QED) is 0.633. The van der Waals surface area contributed by atoms with E-state index in [2.05, 4.69) is 21.9 Å². The van der Waals surface area contributed by atoms with E-state index in [1.165, 1.54) is 24.1 Å². The standard InChI is InChI=1S/C28H39N5O3/c1-19-10-14-29-18-26(19)36-23-8-6-21(7-9-23)11-17-33-25-5-3-4-24(25)27(31-33)28(35)32-15-12-22(13-16-32)30-20(2)34/h10,14,18,21-23H,3-9,11-13,15-17H2,1-2H3,(H,30,34)/t21-,23+. The Labute approximate surface area is 213 Å². The molecule has 0 aromatic carbocycles. The maximum atomic E-state index is 13.4. The molecule has 2 aromatic rings. The van der Waals surface area contributed by atoms with Crippen molar-refractivity contribution >= 4 is 11.8 Å². The van der Waals surface area contributed by atoms with Gasteiger partial charge in [0.1, 0.15) is 5.75 Å². The Bertz CT molecular complexity index is 1080. The maximum absolute atomic E-state index is 13.4. The van der Waals surface area contributed by atoms with Crippen LogP contribution in [0.1, 0.15) is 85.6 Å². The van der Waals surface area contributed by atoms with E-state index in [-0.39, 0.29) is 24.0 Å². The van der Waals surface area contributed by atoms with Gasteiger partial charge < -0.3 is 15.0 Å². The molecule has 0 atom stereocenters. The van der Waals surface area contributed by atoms with Crippen molar-refractivity contribution in [2.75, 3.05) is 13.1 Å². The third-order valence-electron chi connectivity index (χ3n) is 8.23. The number of hydrogen-bond donors (Lipinski definition) is 1. The number of amides is 2. The fraction of sp³-hybridized carbons (Fsp3) is 0.643. The number of aryl methyl sites for hydroxylation is 2. The molecule has 2 amide bonds. The zero-order valence-electron chi connectivity index (χ0n) is 21.7. The van der Waals surface area contributed by atoms with E-state index < -0.39 is 0 Å². The monoisotopic (exact) mass is 493 g/mol. The highest BCUT2D eigenvalue weighted by Crippen LogP contribution is 2.32. The molecular weight excluding hydrogens is 454 g/mol. The van der Waals surface area contributed by atoms with Crippen LogP contribution in [-0.4, -0.2) is 56.7 Å². The fourth-order valence-electron chi connectivity index (χ4n) is 6.13. The summed E-state index contributed by atoms with van der Waals surface area (Å²) in [6.45, 7) is 5.86. The van der Waals surface area contributed by atoms with Crippen LogP contribution in [0.2, 0.25) is 0 Å². The smallest absolute Gasteiger partial charge is 0.274 e. The first-order chi connectivity index (χ1) is 17.5. The zero-order valence-corrected chi connectivity index (χ0v) is 21.7. The Morgan fingerprint density at radius 3 is 2.61 bits per heavy atom. The lowest BCUT2D eigenvalue weighted by Crippen LogP contribution is -2.46. The number of likely N-dealkylation sites (tertiary alicyclic amines) is 1. The molecule has 0 spiro atoms. The number of hydrogen-bond acceptors (Lipinski definition) is 5. The maximum Gasteiger partial charge on any atom is 0.274 e. The molecule has 0 bridgehead atoms. The molecule has 2 aromatic heterocycles. The number of nitrogens with one attached hydrogen (secondary N) is 1. The van der Waals surface area contributed by atoms with Crippen LogP contribution in [0.5, 0.6) is 5.75 Å². The molecule has 3 aliphatic rings. The van der Waals surface area contributed by atoms with Gasteiger partial charge in [-0.25, -0.2) is 0 Å². The number of piperidine rings is 1. The van der Waals surface area contributed by atoms with Crippen molar-refractivity contribution in [2.45, 2.75) is 96.7 Å². The number of nitrogens with zero attached hydrogens (tertiary/aromatic N) is 4. The van der Waals surface area contributed by atoms with Gasteiger partial charge >= 0.3 is 0 Å². The Morgan fingerprint density at radius 1 is 1.11 bits per heavy atom. The summed E-state index contributed by atoms with van der Waals surface area (Å²) in [6.07, 6.45) is 14.2. The Balaban J connectivity index is 1.14. The van der Waals surface area contributed by atoms with E-state index >= 15 is 0 Å². The fourth-order valence-corrected chi connectivity index (χ4v) is 6.13. The molecule has 2 fully saturated rings. The molecule has 0 radical (unpaired) electrons. The minimum atomic E-state index is 0.000874. The van der Waals surface area contributed by atoms with Gasteiger partial charge in [-0.1, -0.05) is 0 Å². The molecule has 194 valence electrons. The topological polar surface area (TPSA) is 89.4 Å². The van der Waals surface area contributed by atoms with Crippen LogP contribution >= 0.6 is 0 Å². The van der Waals surface area contributed by atoms with E-state index in [1.54, 1.807) is 13.1 Å². The van der Waals surface area contributed by atoms with Gasteiger partial charge in [0.2, 0.25) is 5.91 Å². The first-order valence-electron chi connectivity index (χ1n) is 13.7. The van der Waals surface area contributed by atoms with Crippen LogP contribution in [0.15, 0.2) is 18.5 Å². The third kappa shape index (κ3) is 5.57. The van der Waals surface area contributed by atoms with Gasteiger partial charge in [-0.05, 0) is 88.7 Å². The average molecular weight is 494 g/mol. The van der Waals surface area contributed by atoms with Crippen molar-refractivity contribution in [2.24, 2.45) is 5.92 Å². The first-order valence-corrected chi connectivity index (χ1v) is 13.7. The summed E-state index contributed by atoms with van der Waals surface area (Å²) < 4.78 is 8.37. The van der Waals surface area contributed by atoms with E-state index in [9.17, 15) is 9.59 Å². The highest BCUT2D eigenvalue weighted by Gasteiger charge is 2.31. The molecule has 1 saturated heterocycles. The average Bonchev–Trinajstić information content (AvgIpc) is 3.48. The summed E-state index contributed by atoms with van der Waals surface area (Å²) in [5.41, 5.74) is 4.26. The van der Waals surface area contributed by atoms with Crippen LogP contribution in [0.25, 0.3) is 0 Å². The summed E-state index contributed by atoms with van der Waals surface area (Å²) in [6, 6.07) is 2.17. The van der Waals surface area contributed by atoms with Gasteiger partial charge in [0, 0.05) is 50.1 Å². The predicted octanol–water partition coefficient (Wildman–Crippen LogP) is 3.84. The van der Waals surface area contributed by atoms with Crippen molar-refractivity contribution in [1.82, 2.24) is 25.0 Å². The molecule has 5 rings (SSSR count). The second-order valence-corrected chi connectivity index (χ2v) is 10.8. The van der Waals surface area contributed by atoms with E-state index in [0.717, 1.165) is 69.2 Å². The van der Waals surface area contributed by atoms with E-state index in [0.29, 0.717) is 24.7 Å². The van der Waals surface area contributed by atoms with Crippen molar-refractivity contribution in [3.63, 3.8) is 0 Å². The normalized spacial score (nSPS) is 22.3. The van der Waals surface area contributed by atoms with Crippen molar-refractivity contribution in [3.05, 3.63) is 41.0 Å². The van der Waals surface area contributed by atoms with Gasteiger partial charge in [0.25, 0.3) is 5.91 Å². The van der Waals surface area contributed by atoms with Crippen LogP contribution in [0.3, 0.4) is 0 Å². The second kappa shape index (κ2) is 11.0. The molecule has 8 heteroatoms. The largest absolute Gasteiger partial charge is 0.489 e. The number of aromatic nitrogens is 3. The second-order valence-electron chi connectivity index (χ2n) is 10.8. The van der Waals surface area contributed by atoms with Crippen LogP contribution in [-0.2, 0) is 24.2 Å². The molecular formula is C28H39N5O3. The van der Waals surface area contributed by atoms with Crippen LogP contribution in [0, 0.1) is 12.8 Å². The van der Waals surface area contributed by atoms with E-state index in [1.807, 2.05) is 17.2 Å². The molecule has 1 saturated carbocycles. The Hall–Kier alpha value is -2.90. The molecule has 1 aliphatic heterocycles. The lowest BCUT2D eigenvalue weighted by atomic mass is 9.85. The number of rotatable bonds is 7. The lowest BCUT2D eigenvalue weighted by molar-refractivity contribution is -0.119. The zero-order chi connectivity index (χ0) is 25.1. The SMILES string of the molecule is CC(=O)NC1CCN(C(=O)c2nn(CC[C@H]3CC[C@@H](Oc4cnccc4C)CC3)c3c2CCC3)CC1. The number of fused-ring (bicyclic) bond motifs is 1. The number of carbonyl (C=O) groups excluding carboxylic acids is 2. The summed E-state index contributed by atoms with van der Waals surface area (Å²) in [5, 5.41) is 7.85. The lowest BCUT2D eigenvalue weighted by Gasteiger charge is -2.32. The first kappa shape index (κ1) is 24.8. The highest BCUT2D eigenvalue weighted by atomic mass is 16.5. The van der Waals surface area contributed by atoms with Crippen molar-refractivity contribution in [1.29, 1.82) is 0 Å². The molecule has 36 heavy (non-hydrogen) atoms. The van der Waals surface area contributed by atoms with Gasteiger partial charge in [-0.15, -0.1) is 0 Å². The Kier molecular flexibility index (Phi) is 7.58. The third-order valence-corrected chi connectivity index (χ3v) is 8.23. The summed E-state index contributed by atoms with van der Waals surface area (Å²) >= 11 is 0. The highest BCUT2D eigenvalue weighted by molar-refractivity contribution is 5.94. The summed E-state index contributed by atoms with van der Waals surface area (Å²) in [4.78, 5) is 30.8. The van der Waals surface area contributed by atoms with Crippen molar-refractivity contribution < 1.29 is 14.3 Å². The minimum Gasteiger partial charge on any atom is -0.489 e. The number of ether oxygens (including phenoxy) is 1. The number of carbonyl (C=O) groups is 2. The number of pyridine rings is 1. The predicted molar refractivity (Wildman–Crippen MR) is 137 cm³/mol. The molecule has 2 aliphatic carbocycles. The van der Waals surface area contributed by atoms with Crippen LogP contribution < -0.4 is 10.1 Å². The molecule has 1 N–H and O–H groups in total. The van der Waals surface area contributed by atoms with Gasteiger partial charge in [0.15, 0.2) is 5.69 Å². The van der Waals surface area contributed by atoms with Gasteiger partial charge in [-0.2, -0.15) is 5.10 Å². The van der Waals surface area contributed by atoms with Crippen LogP contribution in [0.4, 0.5) is 0 Å². The van der Waals surface area contributed by atoms with Gasteiger partial charge in [0.05, 0.1) is 12.3 Å². The van der Waals surface area contributed by atoms with E-state index in [4.69, 9.17) is 9.84 Å². The summed E-state index contributed by atoms with van der Waals surface area (Å²) in [7, 11) is 0. The molecule has 3 heterocycles. The molecule has 0 unspecified atom stereocenters. The molecule has 8 nitrogen and oxygen atoms in total.